The van der Waals surface area contributed by atoms with E-state index < -0.39 is 28.5 Å². The van der Waals surface area contributed by atoms with Gasteiger partial charge in [-0.15, -0.1) is 0 Å². The van der Waals surface area contributed by atoms with Crippen molar-refractivity contribution in [1.82, 2.24) is 10.2 Å². The lowest BCUT2D eigenvalue weighted by Gasteiger charge is -2.33. The number of methoxy groups -OCH3 is 2. The molecular formula is C34H43N3O6S. The fourth-order valence-corrected chi connectivity index (χ4v) is 6.87. The Morgan fingerprint density at radius 1 is 0.909 bits per heavy atom. The molecule has 0 bridgehead atoms. The topological polar surface area (TPSA) is 105 Å². The van der Waals surface area contributed by atoms with E-state index in [1.54, 1.807) is 31.2 Å². The predicted molar refractivity (Wildman–Crippen MR) is 171 cm³/mol. The SMILES string of the molecule is COc1ccc(N(CC(=O)N(Cc2ccccc2C)[C@@H](C)C(=O)NC2CCCCC2)S(=O)(=O)c2ccc(C)cc2)cc1OC. The molecule has 0 saturated heterocycles. The van der Waals surface area contributed by atoms with Gasteiger partial charge in [0.15, 0.2) is 11.5 Å². The number of amides is 2. The van der Waals surface area contributed by atoms with E-state index in [4.69, 9.17) is 9.47 Å². The van der Waals surface area contributed by atoms with Crippen molar-refractivity contribution in [1.29, 1.82) is 0 Å². The van der Waals surface area contributed by atoms with Gasteiger partial charge in [0, 0.05) is 18.7 Å². The predicted octanol–water partition coefficient (Wildman–Crippen LogP) is 5.38. The summed E-state index contributed by atoms with van der Waals surface area (Å²) in [7, 11) is -1.25. The summed E-state index contributed by atoms with van der Waals surface area (Å²) in [5.41, 5.74) is 2.97. The maximum atomic E-state index is 14.3. The highest BCUT2D eigenvalue weighted by atomic mass is 32.2. The van der Waals surface area contributed by atoms with Gasteiger partial charge in [0.05, 0.1) is 24.8 Å². The summed E-state index contributed by atoms with van der Waals surface area (Å²) in [6.45, 7) is 5.13. The van der Waals surface area contributed by atoms with Crippen LogP contribution in [0.3, 0.4) is 0 Å². The lowest BCUT2D eigenvalue weighted by molar-refractivity contribution is -0.139. The lowest BCUT2D eigenvalue weighted by Crippen LogP contribution is -2.53. The van der Waals surface area contributed by atoms with Crippen molar-refractivity contribution in [3.63, 3.8) is 0 Å². The Bertz CT molecular complexity index is 1550. The molecule has 10 heteroatoms. The molecule has 44 heavy (non-hydrogen) atoms. The Kier molecular flexibility index (Phi) is 10.9. The van der Waals surface area contributed by atoms with Crippen LogP contribution < -0.4 is 19.1 Å². The number of ether oxygens (including phenoxy) is 2. The highest BCUT2D eigenvalue weighted by Crippen LogP contribution is 2.34. The van der Waals surface area contributed by atoms with E-state index >= 15 is 0 Å². The normalized spacial score (nSPS) is 14.4. The van der Waals surface area contributed by atoms with Crippen LogP contribution in [0.1, 0.15) is 55.7 Å². The Balaban J connectivity index is 1.73. The average Bonchev–Trinajstić information content (AvgIpc) is 3.03. The Morgan fingerprint density at radius 2 is 1.57 bits per heavy atom. The second-order valence-electron chi connectivity index (χ2n) is 11.3. The molecule has 2 amide bonds. The lowest BCUT2D eigenvalue weighted by atomic mass is 9.95. The third-order valence-electron chi connectivity index (χ3n) is 8.26. The zero-order chi connectivity index (χ0) is 31.9. The molecule has 9 nitrogen and oxygen atoms in total. The van der Waals surface area contributed by atoms with Crippen LogP contribution in [0.4, 0.5) is 5.69 Å². The molecule has 4 rings (SSSR count). The number of hydrogen-bond acceptors (Lipinski definition) is 6. The van der Waals surface area contributed by atoms with Gasteiger partial charge in [-0.25, -0.2) is 8.42 Å². The summed E-state index contributed by atoms with van der Waals surface area (Å²) < 4.78 is 40.2. The molecule has 1 aliphatic carbocycles. The standard InChI is InChI=1S/C34H43N3O6S/c1-24-15-18-30(19-16-24)44(40,41)37(29-17-20-31(42-4)32(21-29)43-5)23-33(38)36(22-27-12-10-9-11-25(27)2)26(3)34(39)35-28-13-7-6-8-14-28/h9-12,15-21,26,28H,6-8,13-14,22-23H2,1-5H3,(H,35,39)/t26-/m0/s1. The first-order valence-electron chi connectivity index (χ1n) is 15.0. The largest absolute Gasteiger partial charge is 0.493 e. The third-order valence-corrected chi connectivity index (χ3v) is 10.1. The monoisotopic (exact) mass is 621 g/mol. The molecule has 236 valence electrons. The van der Waals surface area contributed by atoms with Crippen molar-refractivity contribution in [2.45, 2.75) is 76.4 Å². The first kappa shape index (κ1) is 32.9. The minimum atomic E-state index is -4.20. The van der Waals surface area contributed by atoms with Gasteiger partial charge < -0.3 is 19.7 Å². The minimum absolute atomic E-state index is 0.0410. The van der Waals surface area contributed by atoms with E-state index in [1.165, 1.54) is 37.3 Å². The van der Waals surface area contributed by atoms with Crippen molar-refractivity contribution in [3.05, 3.63) is 83.4 Å². The number of sulfonamides is 1. The third kappa shape index (κ3) is 7.72. The van der Waals surface area contributed by atoms with E-state index in [1.807, 2.05) is 38.1 Å². The highest BCUT2D eigenvalue weighted by Gasteiger charge is 2.33. The molecule has 0 radical (unpaired) electrons. The molecule has 1 N–H and O–H groups in total. The Labute approximate surface area is 261 Å². The van der Waals surface area contributed by atoms with Gasteiger partial charge in [-0.2, -0.15) is 0 Å². The molecule has 1 saturated carbocycles. The van der Waals surface area contributed by atoms with Gasteiger partial charge in [-0.05, 0) is 69.0 Å². The second kappa shape index (κ2) is 14.6. The van der Waals surface area contributed by atoms with Gasteiger partial charge in [-0.1, -0.05) is 61.2 Å². The second-order valence-corrected chi connectivity index (χ2v) is 13.2. The quantitative estimate of drug-likeness (QED) is 0.291. The molecule has 0 spiro atoms. The zero-order valence-electron chi connectivity index (χ0n) is 26.2. The summed E-state index contributed by atoms with van der Waals surface area (Å²) in [5.74, 6) is -0.0223. The van der Waals surface area contributed by atoms with Crippen LogP contribution in [0, 0.1) is 13.8 Å². The summed E-state index contributed by atoms with van der Waals surface area (Å²) in [6, 6.07) is 18.1. The van der Waals surface area contributed by atoms with Crippen LogP contribution in [0.25, 0.3) is 0 Å². The van der Waals surface area contributed by atoms with E-state index in [2.05, 4.69) is 5.32 Å². The first-order chi connectivity index (χ1) is 21.0. The molecule has 0 unspecified atom stereocenters. The maximum absolute atomic E-state index is 14.3. The van der Waals surface area contributed by atoms with Gasteiger partial charge >= 0.3 is 0 Å². The van der Waals surface area contributed by atoms with Crippen LogP contribution in [0.2, 0.25) is 0 Å². The maximum Gasteiger partial charge on any atom is 0.264 e. The Hall–Kier alpha value is -4.05. The van der Waals surface area contributed by atoms with Crippen molar-refractivity contribution in [2.24, 2.45) is 0 Å². The molecule has 0 aromatic heterocycles. The molecular weight excluding hydrogens is 578 g/mol. The molecule has 3 aromatic carbocycles. The van der Waals surface area contributed by atoms with E-state index in [-0.39, 0.29) is 29.1 Å². The van der Waals surface area contributed by atoms with Crippen molar-refractivity contribution in [2.75, 3.05) is 25.1 Å². The number of carbonyl (C=O) groups is 2. The fraction of sp³-hybridized carbons (Fsp3) is 0.412. The van der Waals surface area contributed by atoms with Gasteiger partial charge in [0.2, 0.25) is 11.8 Å². The van der Waals surface area contributed by atoms with Gasteiger partial charge in [0.25, 0.3) is 10.0 Å². The number of carbonyl (C=O) groups excluding carboxylic acids is 2. The molecule has 0 heterocycles. The van der Waals surface area contributed by atoms with E-state index in [9.17, 15) is 18.0 Å². The van der Waals surface area contributed by atoms with E-state index in [0.717, 1.165) is 53.1 Å². The number of hydrogen-bond donors (Lipinski definition) is 1. The summed E-state index contributed by atoms with van der Waals surface area (Å²) >= 11 is 0. The highest BCUT2D eigenvalue weighted by molar-refractivity contribution is 7.92. The van der Waals surface area contributed by atoms with Crippen LogP contribution in [-0.2, 0) is 26.2 Å². The molecule has 0 aliphatic heterocycles. The average molecular weight is 622 g/mol. The molecule has 3 aromatic rings. The summed E-state index contributed by atoms with van der Waals surface area (Å²) in [4.78, 5) is 29.3. The minimum Gasteiger partial charge on any atom is -0.493 e. The molecule has 1 aliphatic rings. The molecule has 1 atom stereocenters. The number of nitrogens with one attached hydrogen (secondary N) is 1. The van der Waals surface area contributed by atoms with Crippen LogP contribution in [0.5, 0.6) is 11.5 Å². The fourth-order valence-electron chi connectivity index (χ4n) is 5.47. The zero-order valence-corrected chi connectivity index (χ0v) is 27.0. The van der Waals surface area contributed by atoms with Crippen LogP contribution in [-0.4, -0.2) is 58.0 Å². The van der Waals surface area contributed by atoms with Crippen molar-refractivity contribution >= 4 is 27.5 Å². The van der Waals surface area contributed by atoms with Crippen molar-refractivity contribution < 1.29 is 27.5 Å². The number of anilines is 1. The number of rotatable bonds is 12. The first-order valence-corrected chi connectivity index (χ1v) is 16.4. The van der Waals surface area contributed by atoms with Crippen molar-refractivity contribution in [3.8, 4) is 11.5 Å². The summed E-state index contributed by atoms with van der Waals surface area (Å²) in [5, 5.41) is 3.13. The van der Waals surface area contributed by atoms with E-state index in [0.29, 0.717) is 11.5 Å². The Morgan fingerprint density at radius 3 is 2.20 bits per heavy atom. The van der Waals surface area contributed by atoms with Gasteiger partial charge in [-0.3, -0.25) is 13.9 Å². The van der Waals surface area contributed by atoms with Gasteiger partial charge in [0.1, 0.15) is 12.6 Å². The number of benzene rings is 3. The summed E-state index contributed by atoms with van der Waals surface area (Å²) in [6.07, 6.45) is 5.09. The van der Waals surface area contributed by atoms with Crippen LogP contribution >= 0.6 is 0 Å². The number of aryl methyl sites for hydroxylation is 2. The number of nitrogens with zero attached hydrogens (tertiary/aromatic N) is 2. The smallest absolute Gasteiger partial charge is 0.264 e. The van der Waals surface area contributed by atoms with Crippen LogP contribution in [0.15, 0.2) is 71.6 Å². The molecule has 1 fully saturated rings.